The van der Waals surface area contributed by atoms with Gasteiger partial charge in [0.25, 0.3) is 5.91 Å². The highest BCUT2D eigenvalue weighted by molar-refractivity contribution is 5.93. The second kappa shape index (κ2) is 9.43. The number of benzene rings is 2. The molecule has 5 nitrogen and oxygen atoms in total. The van der Waals surface area contributed by atoms with E-state index in [9.17, 15) is 4.79 Å². The van der Waals surface area contributed by atoms with E-state index in [0.717, 1.165) is 17.7 Å². The summed E-state index contributed by atoms with van der Waals surface area (Å²) in [4.78, 5) is 23.5. The molecule has 0 unspecified atom stereocenters. The summed E-state index contributed by atoms with van der Waals surface area (Å²) in [7, 11) is 0. The molecule has 1 amide bonds. The second-order valence-corrected chi connectivity index (χ2v) is 7.50. The number of amides is 1. The Morgan fingerprint density at radius 1 is 0.862 bits per heavy atom. The van der Waals surface area contributed by atoms with E-state index < -0.39 is 0 Å². The van der Waals surface area contributed by atoms with E-state index in [1.807, 2.05) is 30.3 Å². The number of aromatic nitrogens is 2. The number of hydrogen-bond donors (Lipinski definition) is 1. The van der Waals surface area contributed by atoms with E-state index >= 15 is 0 Å². The number of carbonyl (C=O) groups excluding carboxylic acids is 1. The highest BCUT2D eigenvalue weighted by Gasteiger charge is 2.11. The number of rotatable bonds is 6. The van der Waals surface area contributed by atoms with Gasteiger partial charge in [0.05, 0.1) is 5.56 Å². The molecule has 0 bridgehead atoms. The largest absolute Gasteiger partial charge is 0.348 e. The maximum Gasteiger partial charge on any atom is 0.254 e. The van der Waals surface area contributed by atoms with Crippen LogP contribution in [-0.4, -0.2) is 33.9 Å². The minimum atomic E-state index is -0.165. The van der Waals surface area contributed by atoms with Crippen LogP contribution in [-0.2, 0) is 13.1 Å². The summed E-state index contributed by atoms with van der Waals surface area (Å²) in [6.45, 7) is 3.90. The molecule has 1 aliphatic heterocycles. The Morgan fingerprint density at radius 3 is 2.21 bits per heavy atom. The zero-order chi connectivity index (χ0) is 19.9. The fourth-order valence-corrected chi connectivity index (χ4v) is 3.60. The fraction of sp³-hybridized carbons (Fsp3) is 0.292. The highest BCUT2D eigenvalue weighted by atomic mass is 16.1. The molecule has 148 valence electrons. The lowest BCUT2D eigenvalue weighted by atomic mass is 10.1. The van der Waals surface area contributed by atoms with Crippen LogP contribution in [0.5, 0.6) is 0 Å². The van der Waals surface area contributed by atoms with Crippen LogP contribution in [0.15, 0.2) is 67.0 Å². The number of hydrogen-bond acceptors (Lipinski definition) is 4. The molecule has 29 heavy (non-hydrogen) atoms. The van der Waals surface area contributed by atoms with Crippen LogP contribution in [0.3, 0.4) is 0 Å². The summed E-state index contributed by atoms with van der Waals surface area (Å²) < 4.78 is 0. The van der Waals surface area contributed by atoms with Crippen molar-refractivity contribution in [2.24, 2.45) is 0 Å². The lowest BCUT2D eigenvalue weighted by Crippen LogP contribution is -2.29. The van der Waals surface area contributed by atoms with Crippen molar-refractivity contribution < 1.29 is 4.79 Å². The van der Waals surface area contributed by atoms with Crippen molar-refractivity contribution in [1.82, 2.24) is 20.2 Å². The predicted octanol–water partition coefficient (Wildman–Crippen LogP) is 4.06. The summed E-state index contributed by atoms with van der Waals surface area (Å²) >= 11 is 0. The molecule has 0 spiro atoms. The molecule has 0 atom stereocenters. The van der Waals surface area contributed by atoms with Gasteiger partial charge in [0.15, 0.2) is 5.82 Å². The van der Waals surface area contributed by atoms with Crippen molar-refractivity contribution in [2.75, 3.05) is 13.1 Å². The lowest BCUT2D eigenvalue weighted by Gasteiger charge is -2.26. The van der Waals surface area contributed by atoms with Gasteiger partial charge in [-0.15, -0.1) is 0 Å². The van der Waals surface area contributed by atoms with E-state index in [-0.39, 0.29) is 5.91 Å². The quantitative estimate of drug-likeness (QED) is 0.694. The first-order chi connectivity index (χ1) is 14.3. The van der Waals surface area contributed by atoms with Gasteiger partial charge < -0.3 is 5.32 Å². The molecule has 0 aliphatic carbocycles. The summed E-state index contributed by atoms with van der Waals surface area (Å²) in [5.74, 6) is 0.452. The minimum absolute atomic E-state index is 0.165. The Labute approximate surface area is 171 Å². The Balaban J connectivity index is 1.30. The molecule has 3 aromatic rings. The van der Waals surface area contributed by atoms with E-state index in [0.29, 0.717) is 17.9 Å². The summed E-state index contributed by atoms with van der Waals surface area (Å²) in [6, 6.07) is 18.2. The minimum Gasteiger partial charge on any atom is -0.348 e. The van der Waals surface area contributed by atoms with Crippen molar-refractivity contribution in [3.63, 3.8) is 0 Å². The van der Waals surface area contributed by atoms with Gasteiger partial charge in [-0.25, -0.2) is 9.97 Å². The molecule has 2 heterocycles. The molecular weight excluding hydrogens is 360 g/mol. The molecule has 0 radical (unpaired) electrons. The van der Waals surface area contributed by atoms with Crippen LogP contribution in [0, 0.1) is 0 Å². The maximum atomic E-state index is 12.4. The second-order valence-electron chi connectivity index (χ2n) is 7.50. The zero-order valence-electron chi connectivity index (χ0n) is 16.6. The molecule has 4 rings (SSSR count). The fourth-order valence-electron chi connectivity index (χ4n) is 3.60. The SMILES string of the molecule is O=C(NCc1ccc(CN2CCCCC2)cc1)c1cnc(-c2ccccc2)nc1. The normalized spacial score (nSPS) is 14.5. The van der Waals surface area contributed by atoms with E-state index in [1.54, 1.807) is 12.4 Å². The van der Waals surface area contributed by atoms with Gasteiger partial charge in [-0.05, 0) is 37.1 Å². The van der Waals surface area contributed by atoms with Crippen LogP contribution < -0.4 is 5.32 Å². The van der Waals surface area contributed by atoms with E-state index in [1.165, 1.54) is 37.9 Å². The topological polar surface area (TPSA) is 58.1 Å². The Bertz CT molecular complexity index is 917. The summed E-state index contributed by atoms with van der Waals surface area (Å²) in [6.07, 6.45) is 7.12. The molecule has 1 fully saturated rings. The number of likely N-dealkylation sites (tertiary alicyclic amines) is 1. The number of piperidine rings is 1. The van der Waals surface area contributed by atoms with Crippen molar-refractivity contribution in [1.29, 1.82) is 0 Å². The predicted molar refractivity (Wildman–Crippen MR) is 114 cm³/mol. The van der Waals surface area contributed by atoms with Gasteiger partial charge in [-0.3, -0.25) is 9.69 Å². The third kappa shape index (κ3) is 5.27. The van der Waals surface area contributed by atoms with Crippen molar-refractivity contribution in [2.45, 2.75) is 32.4 Å². The number of nitrogens with zero attached hydrogens (tertiary/aromatic N) is 3. The molecule has 1 saturated heterocycles. The van der Waals surface area contributed by atoms with Gasteiger partial charge in [0.1, 0.15) is 0 Å². The standard InChI is InChI=1S/C24H26N4O/c29-24(22-16-25-23(26-17-22)21-7-3-1-4-8-21)27-15-19-9-11-20(12-10-19)18-28-13-5-2-6-14-28/h1,3-4,7-12,16-17H,2,5-6,13-15,18H2,(H,27,29). The Morgan fingerprint density at radius 2 is 1.52 bits per heavy atom. The monoisotopic (exact) mass is 386 g/mol. The van der Waals surface area contributed by atoms with Crippen molar-refractivity contribution in [3.8, 4) is 11.4 Å². The lowest BCUT2D eigenvalue weighted by molar-refractivity contribution is 0.0950. The maximum absolute atomic E-state index is 12.4. The molecular formula is C24H26N4O. The van der Waals surface area contributed by atoms with Gasteiger partial charge in [0.2, 0.25) is 0 Å². The average molecular weight is 386 g/mol. The first kappa shape index (κ1) is 19.3. The summed E-state index contributed by atoms with van der Waals surface area (Å²) in [5.41, 5.74) is 3.81. The average Bonchev–Trinajstić information content (AvgIpc) is 2.80. The highest BCUT2D eigenvalue weighted by Crippen LogP contribution is 2.15. The molecule has 1 aliphatic rings. The molecule has 0 saturated carbocycles. The Hall–Kier alpha value is -3.05. The number of carbonyl (C=O) groups is 1. The van der Waals surface area contributed by atoms with Crippen LogP contribution in [0.25, 0.3) is 11.4 Å². The summed E-state index contributed by atoms with van der Waals surface area (Å²) in [5, 5.41) is 2.95. The van der Waals surface area contributed by atoms with E-state index in [2.05, 4.69) is 44.5 Å². The smallest absolute Gasteiger partial charge is 0.254 e. The van der Waals surface area contributed by atoms with Gasteiger partial charge in [0, 0.05) is 31.0 Å². The van der Waals surface area contributed by atoms with Crippen molar-refractivity contribution >= 4 is 5.91 Å². The number of nitrogens with one attached hydrogen (secondary N) is 1. The third-order valence-electron chi connectivity index (χ3n) is 5.28. The van der Waals surface area contributed by atoms with Gasteiger partial charge in [-0.2, -0.15) is 0 Å². The van der Waals surface area contributed by atoms with Crippen LogP contribution in [0.2, 0.25) is 0 Å². The molecule has 5 heteroatoms. The van der Waals surface area contributed by atoms with Gasteiger partial charge >= 0.3 is 0 Å². The Kier molecular flexibility index (Phi) is 6.27. The third-order valence-corrected chi connectivity index (χ3v) is 5.28. The van der Waals surface area contributed by atoms with Crippen LogP contribution >= 0.6 is 0 Å². The van der Waals surface area contributed by atoms with Gasteiger partial charge in [-0.1, -0.05) is 61.0 Å². The zero-order valence-corrected chi connectivity index (χ0v) is 16.6. The van der Waals surface area contributed by atoms with Crippen molar-refractivity contribution in [3.05, 3.63) is 83.7 Å². The molecule has 1 N–H and O–H groups in total. The first-order valence-corrected chi connectivity index (χ1v) is 10.2. The molecule has 2 aromatic carbocycles. The van der Waals surface area contributed by atoms with Crippen LogP contribution in [0.4, 0.5) is 0 Å². The first-order valence-electron chi connectivity index (χ1n) is 10.2. The van der Waals surface area contributed by atoms with E-state index in [4.69, 9.17) is 0 Å². The molecule has 1 aromatic heterocycles. The van der Waals surface area contributed by atoms with Crippen LogP contribution in [0.1, 0.15) is 40.7 Å².